The molecule has 3 aliphatic rings. The molecule has 3 aliphatic heterocycles. The third-order valence-corrected chi connectivity index (χ3v) is 5.99. The third kappa shape index (κ3) is 4.17. The van der Waals surface area contributed by atoms with Crippen LogP contribution in [0.15, 0.2) is 23.4 Å². The fourth-order valence-electron chi connectivity index (χ4n) is 4.20. The first-order chi connectivity index (χ1) is 13.0. The minimum atomic E-state index is -0.337. The predicted molar refractivity (Wildman–Crippen MR) is 104 cm³/mol. The van der Waals surface area contributed by atoms with Crippen LogP contribution in [0.1, 0.15) is 42.4 Å². The molecule has 0 aromatic heterocycles. The molecule has 27 heavy (non-hydrogen) atoms. The standard InChI is InChI=1S/C21H29N3O3/c1-15-5-6-17(10-16(15)2)13-24-8-7-21(14-24)11-19(23-27-21)20(25)22-12-18-4-3-9-26-18/h5-6,10,18H,3-4,7-9,11-14H2,1-2H3,(H,22,25)/t18-,21+/m1/s1. The average Bonchev–Trinajstić information content (AvgIpc) is 3.39. The van der Waals surface area contributed by atoms with Gasteiger partial charge in [-0.3, -0.25) is 9.69 Å². The Morgan fingerprint density at radius 1 is 1.37 bits per heavy atom. The summed E-state index contributed by atoms with van der Waals surface area (Å²) in [5.74, 6) is -0.116. The number of likely N-dealkylation sites (tertiary alicyclic amines) is 1. The van der Waals surface area contributed by atoms with Gasteiger partial charge < -0.3 is 14.9 Å². The van der Waals surface area contributed by atoms with E-state index in [1.54, 1.807) is 0 Å². The lowest BCUT2D eigenvalue weighted by Crippen LogP contribution is -2.39. The van der Waals surface area contributed by atoms with Crippen molar-refractivity contribution in [1.29, 1.82) is 0 Å². The van der Waals surface area contributed by atoms with Crippen molar-refractivity contribution in [2.45, 2.75) is 57.8 Å². The van der Waals surface area contributed by atoms with Crippen LogP contribution in [0.3, 0.4) is 0 Å². The number of oxime groups is 1. The van der Waals surface area contributed by atoms with Crippen molar-refractivity contribution < 1.29 is 14.4 Å². The van der Waals surface area contributed by atoms with Crippen molar-refractivity contribution in [3.05, 3.63) is 34.9 Å². The smallest absolute Gasteiger partial charge is 0.269 e. The Morgan fingerprint density at radius 3 is 3.04 bits per heavy atom. The van der Waals surface area contributed by atoms with Gasteiger partial charge in [0.1, 0.15) is 5.71 Å². The van der Waals surface area contributed by atoms with Crippen LogP contribution < -0.4 is 5.32 Å². The number of hydrogen-bond acceptors (Lipinski definition) is 5. The van der Waals surface area contributed by atoms with Gasteiger partial charge in [-0.1, -0.05) is 23.4 Å². The Kier molecular flexibility index (Phi) is 5.19. The molecule has 6 nitrogen and oxygen atoms in total. The van der Waals surface area contributed by atoms with Crippen LogP contribution in [0, 0.1) is 13.8 Å². The quantitative estimate of drug-likeness (QED) is 0.863. The zero-order valence-corrected chi connectivity index (χ0v) is 16.3. The lowest BCUT2D eigenvalue weighted by Gasteiger charge is -2.22. The molecule has 0 aliphatic carbocycles. The zero-order chi connectivity index (χ0) is 18.9. The van der Waals surface area contributed by atoms with E-state index < -0.39 is 0 Å². The minimum absolute atomic E-state index is 0.116. The van der Waals surface area contributed by atoms with Crippen molar-refractivity contribution in [3.63, 3.8) is 0 Å². The van der Waals surface area contributed by atoms with E-state index in [9.17, 15) is 4.79 Å². The molecule has 1 aromatic rings. The van der Waals surface area contributed by atoms with Crippen LogP contribution in [-0.2, 0) is 20.9 Å². The van der Waals surface area contributed by atoms with Crippen molar-refractivity contribution in [2.75, 3.05) is 26.2 Å². The Balaban J connectivity index is 1.28. The molecule has 2 fully saturated rings. The van der Waals surface area contributed by atoms with E-state index in [1.807, 2.05) is 0 Å². The number of carbonyl (C=O) groups is 1. The Morgan fingerprint density at radius 2 is 2.26 bits per heavy atom. The molecule has 1 aromatic carbocycles. The van der Waals surface area contributed by atoms with E-state index in [0.717, 1.165) is 45.5 Å². The molecular formula is C21H29N3O3. The summed E-state index contributed by atoms with van der Waals surface area (Å²) >= 11 is 0. The fourth-order valence-corrected chi connectivity index (χ4v) is 4.20. The number of rotatable bonds is 5. The number of aryl methyl sites for hydroxylation is 2. The number of nitrogens with one attached hydrogen (secondary N) is 1. The summed E-state index contributed by atoms with van der Waals surface area (Å²) in [6.07, 6.45) is 3.73. The lowest BCUT2D eigenvalue weighted by atomic mass is 9.96. The Labute approximate surface area is 160 Å². The van der Waals surface area contributed by atoms with Crippen molar-refractivity contribution in [2.24, 2.45) is 5.16 Å². The van der Waals surface area contributed by atoms with E-state index in [4.69, 9.17) is 9.57 Å². The van der Waals surface area contributed by atoms with Crippen LogP contribution in [0.2, 0.25) is 0 Å². The molecule has 4 rings (SSSR count). The van der Waals surface area contributed by atoms with E-state index in [0.29, 0.717) is 18.7 Å². The fraction of sp³-hybridized carbons (Fsp3) is 0.619. The van der Waals surface area contributed by atoms with E-state index in [2.05, 4.69) is 47.4 Å². The largest absolute Gasteiger partial charge is 0.387 e. The number of nitrogens with zero attached hydrogens (tertiary/aromatic N) is 2. The number of hydrogen-bond donors (Lipinski definition) is 1. The lowest BCUT2D eigenvalue weighted by molar-refractivity contribution is -0.115. The minimum Gasteiger partial charge on any atom is -0.387 e. The van der Waals surface area contributed by atoms with Crippen molar-refractivity contribution >= 4 is 11.6 Å². The van der Waals surface area contributed by atoms with Gasteiger partial charge in [0, 0.05) is 45.6 Å². The second-order valence-electron chi connectivity index (χ2n) is 8.21. The van der Waals surface area contributed by atoms with Crippen LogP contribution in [0.5, 0.6) is 0 Å². The molecule has 0 bridgehead atoms. The van der Waals surface area contributed by atoms with E-state index in [-0.39, 0.29) is 17.6 Å². The topological polar surface area (TPSA) is 63.2 Å². The third-order valence-electron chi connectivity index (χ3n) is 5.99. The van der Waals surface area contributed by atoms with Gasteiger partial charge >= 0.3 is 0 Å². The second kappa shape index (κ2) is 7.60. The number of carbonyl (C=O) groups excluding carboxylic acids is 1. The molecule has 1 N–H and O–H groups in total. The molecule has 6 heteroatoms. The van der Waals surface area contributed by atoms with Crippen LogP contribution in [0.25, 0.3) is 0 Å². The Bertz CT molecular complexity index is 742. The molecule has 3 heterocycles. The van der Waals surface area contributed by atoms with Gasteiger partial charge in [0.25, 0.3) is 5.91 Å². The van der Waals surface area contributed by atoms with E-state index >= 15 is 0 Å². The molecule has 146 valence electrons. The van der Waals surface area contributed by atoms with Gasteiger partial charge in [-0.05, 0) is 43.4 Å². The van der Waals surface area contributed by atoms with Crippen molar-refractivity contribution in [1.82, 2.24) is 10.2 Å². The summed E-state index contributed by atoms with van der Waals surface area (Å²) in [6, 6.07) is 6.64. The first-order valence-corrected chi connectivity index (χ1v) is 9.96. The predicted octanol–water partition coefficient (Wildman–Crippen LogP) is 2.32. The maximum atomic E-state index is 12.4. The molecule has 2 atom stereocenters. The van der Waals surface area contributed by atoms with E-state index in [1.165, 1.54) is 16.7 Å². The summed E-state index contributed by atoms with van der Waals surface area (Å²) in [7, 11) is 0. The van der Waals surface area contributed by atoms with Gasteiger partial charge in [-0.2, -0.15) is 0 Å². The Hall–Kier alpha value is -1.92. The maximum absolute atomic E-state index is 12.4. The van der Waals surface area contributed by atoms with Gasteiger partial charge in [-0.25, -0.2) is 0 Å². The maximum Gasteiger partial charge on any atom is 0.269 e. The number of amides is 1. The van der Waals surface area contributed by atoms with Gasteiger partial charge in [0.05, 0.1) is 6.10 Å². The monoisotopic (exact) mass is 371 g/mol. The highest BCUT2D eigenvalue weighted by molar-refractivity contribution is 6.39. The zero-order valence-electron chi connectivity index (χ0n) is 16.3. The SMILES string of the molecule is Cc1ccc(CN2CC[C@]3(CC(C(=O)NC[C@H]4CCCO4)=NO3)C2)cc1C. The first-order valence-electron chi connectivity index (χ1n) is 9.96. The van der Waals surface area contributed by atoms with Gasteiger partial charge in [-0.15, -0.1) is 0 Å². The first kappa shape index (κ1) is 18.4. The molecule has 0 saturated carbocycles. The van der Waals surface area contributed by atoms with Gasteiger partial charge in [0.2, 0.25) is 0 Å². The molecule has 1 amide bonds. The summed E-state index contributed by atoms with van der Waals surface area (Å²) in [5.41, 5.74) is 4.15. The van der Waals surface area contributed by atoms with Crippen molar-refractivity contribution in [3.8, 4) is 0 Å². The highest BCUT2D eigenvalue weighted by Gasteiger charge is 2.46. The number of ether oxygens (including phenoxy) is 1. The molecule has 0 unspecified atom stereocenters. The van der Waals surface area contributed by atoms with Gasteiger partial charge in [0.15, 0.2) is 5.60 Å². The highest BCUT2D eigenvalue weighted by Crippen LogP contribution is 2.34. The summed E-state index contributed by atoms with van der Waals surface area (Å²) in [6.45, 7) is 8.33. The molecule has 1 spiro atoms. The van der Waals surface area contributed by atoms with Crippen LogP contribution >= 0.6 is 0 Å². The summed E-state index contributed by atoms with van der Waals surface area (Å²) in [5, 5.41) is 7.07. The molecule has 0 radical (unpaired) electrons. The van der Waals surface area contributed by atoms with Crippen LogP contribution in [-0.4, -0.2) is 54.5 Å². The molecule has 2 saturated heterocycles. The highest BCUT2D eigenvalue weighted by atomic mass is 16.7. The summed E-state index contributed by atoms with van der Waals surface area (Å²) < 4.78 is 5.55. The average molecular weight is 371 g/mol. The molecular weight excluding hydrogens is 342 g/mol. The number of benzene rings is 1. The normalized spacial score (nSPS) is 27.8. The van der Waals surface area contributed by atoms with Crippen LogP contribution in [0.4, 0.5) is 0 Å². The second-order valence-corrected chi connectivity index (χ2v) is 8.21. The summed E-state index contributed by atoms with van der Waals surface area (Å²) in [4.78, 5) is 20.6.